The molecule has 4 aliphatic heterocycles. The number of rotatable bonds is 10. The molecule has 2 aliphatic carbocycles. The second-order valence-corrected chi connectivity index (χ2v) is 20.6. The number of nitrogens with zero attached hydrogens (tertiary/aromatic N) is 13. The van der Waals surface area contributed by atoms with E-state index in [2.05, 4.69) is 57.0 Å². The zero-order chi connectivity index (χ0) is 49.1. The van der Waals surface area contributed by atoms with Gasteiger partial charge < -0.3 is 49.6 Å². The Labute approximate surface area is 412 Å². The molecule has 4 saturated heterocycles. The second kappa shape index (κ2) is 18.9. The minimum Gasteiger partial charge on any atom is -0.343 e. The minimum absolute atomic E-state index is 0.0288. The molecule has 10 heterocycles. The molecule has 4 atom stereocenters. The van der Waals surface area contributed by atoms with Crippen LogP contribution in [0.1, 0.15) is 84.4 Å². The molecular formula is C51H62N16O4. The van der Waals surface area contributed by atoms with E-state index in [1.54, 1.807) is 62.8 Å². The molecule has 71 heavy (non-hydrogen) atoms. The zero-order valence-corrected chi connectivity index (χ0v) is 41.1. The highest BCUT2D eigenvalue weighted by Gasteiger charge is 2.46. The summed E-state index contributed by atoms with van der Waals surface area (Å²) < 4.78 is 4.19. The first kappa shape index (κ1) is 46.3. The largest absolute Gasteiger partial charge is 0.343 e. The lowest BCUT2D eigenvalue weighted by Gasteiger charge is -2.19. The summed E-state index contributed by atoms with van der Waals surface area (Å²) in [5.41, 5.74) is 4.47. The number of carbonyl (C=O) groups is 4. The summed E-state index contributed by atoms with van der Waals surface area (Å²) in [6, 6.07) is 11.9. The maximum atomic E-state index is 12.9. The molecule has 12 rings (SSSR count). The Kier molecular flexibility index (Phi) is 12.4. The lowest BCUT2D eigenvalue weighted by molar-refractivity contribution is -0.121. The monoisotopic (exact) mass is 963 g/mol. The fourth-order valence-corrected chi connectivity index (χ4v) is 11.7. The van der Waals surface area contributed by atoms with Gasteiger partial charge in [0.2, 0.25) is 23.7 Å². The Balaban J connectivity index is 0.000000154. The number of aromatic nitrogens is 8. The van der Waals surface area contributed by atoms with Gasteiger partial charge in [-0.05, 0) is 69.1 Å². The van der Waals surface area contributed by atoms with Crippen LogP contribution in [0.15, 0.2) is 61.2 Å². The Morgan fingerprint density at radius 1 is 0.592 bits per heavy atom. The Morgan fingerprint density at radius 2 is 1.07 bits per heavy atom. The number of amides is 4. The van der Waals surface area contributed by atoms with Crippen molar-refractivity contribution in [1.29, 1.82) is 0 Å². The van der Waals surface area contributed by atoms with Crippen LogP contribution in [0.2, 0.25) is 0 Å². The summed E-state index contributed by atoms with van der Waals surface area (Å²) in [6.45, 7) is 4.92. The van der Waals surface area contributed by atoms with Gasteiger partial charge in [-0.3, -0.25) is 19.2 Å². The highest BCUT2D eigenvalue weighted by molar-refractivity contribution is 6.00. The third kappa shape index (κ3) is 8.80. The molecule has 6 fully saturated rings. The molecule has 0 aromatic carbocycles. The lowest BCUT2D eigenvalue weighted by Crippen LogP contribution is -2.31. The second-order valence-electron chi connectivity index (χ2n) is 20.6. The molecule has 2 saturated carbocycles. The molecule has 6 aromatic rings. The van der Waals surface area contributed by atoms with Gasteiger partial charge in [-0.1, -0.05) is 25.7 Å². The van der Waals surface area contributed by atoms with Crippen molar-refractivity contribution in [2.45, 2.75) is 63.5 Å². The van der Waals surface area contributed by atoms with E-state index in [4.69, 9.17) is 9.97 Å². The van der Waals surface area contributed by atoms with Crippen LogP contribution in [0.3, 0.4) is 0 Å². The smallest absolute Gasteiger partial charge is 0.270 e. The fourth-order valence-electron chi connectivity index (χ4n) is 11.7. The van der Waals surface area contributed by atoms with Crippen molar-refractivity contribution in [1.82, 2.24) is 59.1 Å². The summed E-state index contributed by atoms with van der Waals surface area (Å²) in [5, 5.41) is 11.4. The van der Waals surface area contributed by atoms with E-state index >= 15 is 0 Å². The van der Waals surface area contributed by atoms with E-state index in [9.17, 15) is 19.2 Å². The summed E-state index contributed by atoms with van der Waals surface area (Å²) in [6.07, 6.45) is 15.8. The van der Waals surface area contributed by atoms with Crippen LogP contribution < -0.4 is 25.8 Å². The Morgan fingerprint density at radius 3 is 1.51 bits per heavy atom. The molecule has 20 heteroatoms. The van der Waals surface area contributed by atoms with Crippen molar-refractivity contribution in [3.63, 3.8) is 0 Å². The van der Waals surface area contributed by atoms with Crippen LogP contribution in [0.4, 0.5) is 34.9 Å². The summed E-state index contributed by atoms with van der Waals surface area (Å²) >= 11 is 0. The van der Waals surface area contributed by atoms with E-state index < -0.39 is 0 Å². The molecule has 6 aliphatic rings. The topological polar surface area (TPSA) is 208 Å². The van der Waals surface area contributed by atoms with E-state index in [0.29, 0.717) is 46.8 Å². The third-order valence-electron chi connectivity index (χ3n) is 15.3. The maximum Gasteiger partial charge on any atom is 0.270 e. The molecule has 0 spiro atoms. The van der Waals surface area contributed by atoms with Gasteiger partial charge >= 0.3 is 0 Å². The van der Waals surface area contributed by atoms with Crippen molar-refractivity contribution in [2.75, 3.05) is 94.9 Å². The van der Waals surface area contributed by atoms with Crippen LogP contribution in [0.5, 0.6) is 0 Å². The number of pyridine rings is 2. The number of nitrogens with one attached hydrogen (secondary N) is 3. The number of anilines is 6. The molecular weight excluding hydrogens is 901 g/mol. The molecule has 4 amide bonds. The number of hydrogen-bond donors (Lipinski definition) is 3. The Bertz CT molecular complexity index is 2990. The molecule has 370 valence electrons. The van der Waals surface area contributed by atoms with Crippen molar-refractivity contribution in [3.05, 3.63) is 72.6 Å². The standard InChI is InChI=1S/C26H32N8O2.C25H30N8O2/c1-31(2)25(36)21-10-16-11-28-26(30-23(16)34(21)18-6-4-5-7-18)29-22-9-8-19(12-27-22)33-14-17-13-32(3)15-20(17)24(33)35;1-31(2)24(35)20-9-15-11-28-25(30-22(15)33(20)17-5-3-4-6-17)29-21-8-7-18(12-27-21)32-14-16-10-26-13-19(16)23(32)34/h8-12,17-18,20H,4-7,13-15H2,1-3H3,(H,27,28,29,30);7-9,11-12,16-17,19,26H,3-6,10,13-14H2,1-2H3,(H,27,28,29,30)/t17-,20-;16-,19-/m00/s1. The van der Waals surface area contributed by atoms with E-state index in [1.165, 1.54) is 0 Å². The van der Waals surface area contributed by atoms with Crippen LogP contribution in [-0.2, 0) is 9.59 Å². The summed E-state index contributed by atoms with van der Waals surface area (Å²) in [4.78, 5) is 88.1. The predicted molar refractivity (Wildman–Crippen MR) is 270 cm³/mol. The number of carbonyl (C=O) groups excluding carboxylic acids is 4. The normalized spacial score (nSPS) is 22.4. The van der Waals surface area contributed by atoms with E-state index in [1.807, 2.05) is 46.2 Å². The number of hydrogen-bond acceptors (Lipinski definition) is 14. The quantitative estimate of drug-likeness (QED) is 0.156. The van der Waals surface area contributed by atoms with Crippen molar-refractivity contribution >= 4 is 80.6 Å². The van der Waals surface area contributed by atoms with Gasteiger partial charge in [-0.2, -0.15) is 9.97 Å². The van der Waals surface area contributed by atoms with E-state index in [-0.39, 0.29) is 47.5 Å². The lowest BCUT2D eigenvalue weighted by atomic mass is 10.0. The average Bonchev–Trinajstić information content (AvgIpc) is 4.23. The highest BCUT2D eigenvalue weighted by Crippen LogP contribution is 2.38. The molecule has 0 radical (unpaired) electrons. The molecule has 0 bridgehead atoms. The van der Waals surface area contributed by atoms with Gasteiger partial charge in [-0.15, -0.1) is 0 Å². The Hall–Kier alpha value is -7.06. The zero-order valence-electron chi connectivity index (χ0n) is 41.1. The van der Waals surface area contributed by atoms with Crippen LogP contribution in [0, 0.1) is 23.7 Å². The van der Waals surface area contributed by atoms with Gasteiger partial charge in [0.25, 0.3) is 11.8 Å². The van der Waals surface area contributed by atoms with Crippen LogP contribution >= 0.6 is 0 Å². The van der Waals surface area contributed by atoms with Crippen LogP contribution in [-0.4, -0.2) is 152 Å². The summed E-state index contributed by atoms with van der Waals surface area (Å²) in [5.74, 6) is 3.30. The van der Waals surface area contributed by atoms with Gasteiger partial charge in [0.05, 0.1) is 35.6 Å². The number of fused-ring (bicyclic) bond motifs is 4. The average molecular weight is 963 g/mol. The fraction of sp³-hybridized carbons (Fsp3) is 0.490. The molecule has 0 unspecified atom stereocenters. The van der Waals surface area contributed by atoms with Gasteiger partial charge in [0, 0.05) is 115 Å². The van der Waals surface area contributed by atoms with Gasteiger partial charge in [0.1, 0.15) is 34.3 Å². The number of likely N-dealkylation sites (tertiary alicyclic amines) is 1. The van der Waals surface area contributed by atoms with Gasteiger partial charge in [0.15, 0.2) is 0 Å². The third-order valence-corrected chi connectivity index (χ3v) is 15.3. The maximum absolute atomic E-state index is 12.9. The van der Waals surface area contributed by atoms with Crippen LogP contribution in [0.25, 0.3) is 22.1 Å². The summed E-state index contributed by atoms with van der Waals surface area (Å²) in [7, 11) is 9.15. The molecule has 20 nitrogen and oxygen atoms in total. The first-order chi connectivity index (χ1) is 34.4. The highest BCUT2D eigenvalue weighted by atomic mass is 16.2. The van der Waals surface area contributed by atoms with Crippen molar-refractivity contribution < 1.29 is 19.2 Å². The molecule has 3 N–H and O–H groups in total. The first-order valence-corrected chi connectivity index (χ1v) is 25.1. The SMILES string of the molecule is CN(C)C(=O)c1cc2cnc(Nc3ccc(N4C[C@@H]5CNC[C@@H]5C4=O)cn3)nc2n1C1CCCC1.CN1C[C@H]2CN(c3ccc(Nc4ncc5cc(C(=O)N(C)C)n(C6CCCC6)c5n4)nc3)C(=O)[C@H]2C1. The molecule has 6 aromatic heterocycles. The predicted octanol–water partition coefficient (Wildman–Crippen LogP) is 5.48. The van der Waals surface area contributed by atoms with Crippen molar-refractivity contribution in [3.8, 4) is 0 Å². The van der Waals surface area contributed by atoms with Gasteiger partial charge in [-0.25, -0.2) is 19.9 Å². The van der Waals surface area contributed by atoms with E-state index in [0.717, 1.165) is 124 Å². The minimum atomic E-state index is -0.0296. The first-order valence-electron chi connectivity index (χ1n) is 25.1. The van der Waals surface area contributed by atoms with Crippen molar-refractivity contribution in [2.24, 2.45) is 23.7 Å².